The first-order valence-corrected chi connectivity index (χ1v) is 6.48. The summed E-state index contributed by atoms with van der Waals surface area (Å²) in [5.41, 5.74) is 5.96. The molecule has 21 heavy (non-hydrogen) atoms. The van der Waals surface area contributed by atoms with Crippen LogP contribution in [0.25, 0.3) is 0 Å². The number of pyridine rings is 1. The Hall–Kier alpha value is -2.08. The van der Waals surface area contributed by atoms with E-state index in [2.05, 4.69) is 4.98 Å². The third-order valence-corrected chi connectivity index (χ3v) is 2.97. The van der Waals surface area contributed by atoms with E-state index in [0.717, 1.165) is 18.1 Å². The van der Waals surface area contributed by atoms with Crippen molar-refractivity contribution in [2.75, 3.05) is 0 Å². The predicted molar refractivity (Wildman–Crippen MR) is 73.0 cm³/mol. The van der Waals surface area contributed by atoms with Crippen molar-refractivity contribution in [1.82, 2.24) is 4.98 Å². The summed E-state index contributed by atoms with van der Waals surface area (Å²) in [6.45, 7) is 2.03. The standard InChI is InChI=1S/C15H15F3N2O/c1-2-10-4-3-5-12(8-10)21-14-11(9-19)6-7-13(20-14)15(16,17)18/h3-8H,2,9,19H2,1H3. The number of hydrogen-bond donors (Lipinski definition) is 1. The van der Waals surface area contributed by atoms with Crippen LogP contribution in [0.1, 0.15) is 23.7 Å². The first kappa shape index (κ1) is 15.3. The van der Waals surface area contributed by atoms with Crippen LogP contribution in [0.2, 0.25) is 0 Å². The van der Waals surface area contributed by atoms with Gasteiger partial charge in [0.15, 0.2) is 0 Å². The Balaban J connectivity index is 2.37. The Morgan fingerprint density at radius 1 is 1.19 bits per heavy atom. The molecule has 0 spiro atoms. The zero-order valence-corrected chi connectivity index (χ0v) is 11.4. The van der Waals surface area contributed by atoms with Gasteiger partial charge in [0.2, 0.25) is 5.88 Å². The molecule has 1 heterocycles. The summed E-state index contributed by atoms with van der Waals surface area (Å²) in [6.07, 6.45) is -3.71. The topological polar surface area (TPSA) is 48.1 Å². The average Bonchev–Trinajstić information content (AvgIpc) is 2.46. The molecule has 0 aliphatic rings. The second-order valence-corrected chi connectivity index (χ2v) is 4.47. The van der Waals surface area contributed by atoms with Gasteiger partial charge in [0.1, 0.15) is 11.4 Å². The minimum Gasteiger partial charge on any atom is -0.439 e. The van der Waals surface area contributed by atoms with E-state index in [-0.39, 0.29) is 12.4 Å². The van der Waals surface area contributed by atoms with E-state index in [1.165, 1.54) is 6.07 Å². The van der Waals surface area contributed by atoms with Crippen molar-refractivity contribution in [1.29, 1.82) is 0 Å². The number of alkyl halides is 3. The van der Waals surface area contributed by atoms with Gasteiger partial charge >= 0.3 is 6.18 Å². The van der Waals surface area contributed by atoms with Crippen molar-refractivity contribution in [3.05, 3.63) is 53.2 Å². The molecule has 0 unspecified atom stereocenters. The number of ether oxygens (including phenoxy) is 1. The molecule has 0 bridgehead atoms. The smallest absolute Gasteiger partial charge is 0.433 e. The highest BCUT2D eigenvalue weighted by atomic mass is 19.4. The molecule has 112 valence electrons. The summed E-state index contributed by atoms with van der Waals surface area (Å²) in [5.74, 6) is 0.330. The lowest BCUT2D eigenvalue weighted by atomic mass is 10.2. The highest BCUT2D eigenvalue weighted by molar-refractivity contribution is 5.36. The number of rotatable bonds is 4. The number of halogens is 3. The van der Waals surface area contributed by atoms with Crippen LogP contribution in [0.5, 0.6) is 11.6 Å². The van der Waals surface area contributed by atoms with Gasteiger partial charge in [-0.15, -0.1) is 0 Å². The summed E-state index contributed by atoms with van der Waals surface area (Å²) in [4.78, 5) is 3.54. The van der Waals surface area contributed by atoms with E-state index in [4.69, 9.17) is 10.5 Å². The monoisotopic (exact) mass is 296 g/mol. The fourth-order valence-electron chi connectivity index (χ4n) is 1.81. The van der Waals surface area contributed by atoms with Crippen LogP contribution >= 0.6 is 0 Å². The molecular formula is C15H15F3N2O. The molecule has 2 aromatic rings. The Morgan fingerprint density at radius 3 is 2.57 bits per heavy atom. The van der Waals surface area contributed by atoms with E-state index < -0.39 is 11.9 Å². The van der Waals surface area contributed by atoms with Crippen LogP contribution in [0, 0.1) is 0 Å². The quantitative estimate of drug-likeness (QED) is 0.930. The van der Waals surface area contributed by atoms with Gasteiger partial charge in [-0.3, -0.25) is 0 Å². The maximum absolute atomic E-state index is 12.7. The Morgan fingerprint density at radius 2 is 1.95 bits per heavy atom. The summed E-state index contributed by atoms with van der Waals surface area (Å²) in [5, 5.41) is 0. The molecule has 1 aromatic carbocycles. The van der Waals surface area contributed by atoms with Gasteiger partial charge < -0.3 is 10.5 Å². The Kier molecular flexibility index (Phi) is 4.47. The molecule has 2 rings (SSSR count). The second-order valence-electron chi connectivity index (χ2n) is 4.47. The van der Waals surface area contributed by atoms with Crippen molar-refractivity contribution >= 4 is 0 Å². The van der Waals surface area contributed by atoms with Gasteiger partial charge in [-0.1, -0.05) is 25.1 Å². The molecule has 2 N–H and O–H groups in total. The zero-order chi connectivity index (χ0) is 15.5. The molecule has 0 aliphatic heterocycles. The van der Waals surface area contributed by atoms with Crippen LogP contribution in [0.3, 0.4) is 0 Å². The van der Waals surface area contributed by atoms with Gasteiger partial charge in [-0.25, -0.2) is 4.98 Å². The lowest BCUT2D eigenvalue weighted by molar-refractivity contribution is -0.141. The van der Waals surface area contributed by atoms with E-state index in [0.29, 0.717) is 11.3 Å². The van der Waals surface area contributed by atoms with Crippen molar-refractivity contribution < 1.29 is 17.9 Å². The average molecular weight is 296 g/mol. The summed E-state index contributed by atoms with van der Waals surface area (Å²) < 4.78 is 43.6. The summed E-state index contributed by atoms with van der Waals surface area (Å²) in [6, 6.07) is 9.32. The SMILES string of the molecule is CCc1cccc(Oc2nc(C(F)(F)F)ccc2CN)c1. The lowest BCUT2D eigenvalue weighted by Crippen LogP contribution is -2.10. The summed E-state index contributed by atoms with van der Waals surface area (Å²) >= 11 is 0. The molecule has 0 radical (unpaired) electrons. The number of nitrogens with two attached hydrogens (primary N) is 1. The molecule has 0 atom stereocenters. The van der Waals surface area contributed by atoms with Crippen LogP contribution < -0.4 is 10.5 Å². The van der Waals surface area contributed by atoms with Crippen LogP contribution in [-0.2, 0) is 19.1 Å². The lowest BCUT2D eigenvalue weighted by Gasteiger charge is -2.12. The minimum atomic E-state index is -4.52. The van der Waals surface area contributed by atoms with E-state index in [1.807, 2.05) is 13.0 Å². The number of hydrogen-bond acceptors (Lipinski definition) is 3. The number of nitrogens with zero attached hydrogens (tertiary/aromatic N) is 1. The normalized spacial score (nSPS) is 11.5. The summed E-state index contributed by atoms with van der Waals surface area (Å²) in [7, 11) is 0. The van der Waals surface area contributed by atoms with Gasteiger partial charge in [0.05, 0.1) is 0 Å². The number of benzene rings is 1. The van der Waals surface area contributed by atoms with E-state index >= 15 is 0 Å². The predicted octanol–water partition coefficient (Wildman–Crippen LogP) is 3.91. The molecular weight excluding hydrogens is 281 g/mol. The van der Waals surface area contributed by atoms with Gasteiger partial charge in [-0.05, 0) is 30.2 Å². The van der Waals surface area contributed by atoms with Crippen molar-refractivity contribution in [3.8, 4) is 11.6 Å². The third-order valence-electron chi connectivity index (χ3n) is 2.97. The highest BCUT2D eigenvalue weighted by Crippen LogP contribution is 2.31. The molecule has 3 nitrogen and oxygen atoms in total. The Labute approximate surface area is 120 Å². The molecule has 0 saturated heterocycles. The maximum Gasteiger partial charge on any atom is 0.433 e. The van der Waals surface area contributed by atoms with Gasteiger partial charge in [0, 0.05) is 12.1 Å². The third kappa shape index (κ3) is 3.72. The molecule has 0 aliphatic carbocycles. The van der Waals surface area contributed by atoms with Crippen molar-refractivity contribution in [3.63, 3.8) is 0 Å². The van der Waals surface area contributed by atoms with Crippen LogP contribution in [0.4, 0.5) is 13.2 Å². The molecule has 1 aromatic heterocycles. The highest BCUT2D eigenvalue weighted by Gasteiger charge is 2.33. The maximum atomic E-state index is 12.7. The fourth-order valence-corrected chi connectivity index (χ4v) is 1.81. The number of aryl methyl sites for hydroxylation is 1. The minimum absolute atomic E-state index is 0.0495. The first-order chi connectivity index (χ1) is 9.94. The molecule has 0 saturated carbocycles. The van der Waals surface area contributed by atoms with E-state index in [9.17, 15) is 13.2 Å². The largest absolute Gasteiger partial charge is 0.439 e. The molecule has 0 fully saturated rings. The van der Waals surface area contributed by atoms with E-state index in [1.54, 1.807) is 18.2 Å². The Bertz CT molecular complexity index is 627. The number of aromatic nitrogens is 1. The van der Waals surface area contributed by atoms with Gasteiger partial charge in [0.25, 0.3) is 0 Å². The second kappa shape index (κ2) is 6.13. The van der Waals surface area contributed by atoms with Crippen LogP contribution in [0.15, 0.2) is 36.4 Å². The molecule has 6 heteroatoms. The van der Waals surface area contributed by atoms with Crippen molar-refractivity contribution in [2.45, 2.75) is 26.1 Å². The first-order valence-electron chi connectivity index (χ1n) is 6.48. The van der Waals surface area contributed by atoms with Gasteiger partial charge in [-0.2, -0.15) is 13.2 Å². The molecule has 0 amide bonds. The van der Waals surface area contributed by atoms with Crippen molar-refractivity contribution in [2.24, 2.45) is 5.73 Å². The van der Waals surface area contributed by atoms with Crippen LogP contribution in [-0.4, -0.2) is 4.98 Å². The fraction of sp³-hybridized carbons (Fsp3) is 0.267. The zero-order valence-electron chi connectivity index (χ0n) is 11.4.